The number of aliphatic carboxylic acids is 1. The number of phenols is 1. The number of hydrogen-bond acceptors (Lipinski definition) is 9. The van der Waals surface area contributed by atoms with Gasteiger partial charge >= 0.3 is 5.97 Å². The van der Waals surface area contributed by atoms with Crippen LogP contribution in [0.4, 0.5) is 17.1 Å². The highest BCUT2D eigenvalue weighted by Crippen LogP contribution is 2.43. The van der Waals surface area contributed by atoms with Crippen LogP contribution < -0.4 is 21.5 Å². The molecule has 0 bridgehead atoms. The summed E-state index contributed by atoms with van der Waals surface area (Å²) < 4.78 is 11.2. The lowest BCUT2D eigenvalue weighted by Crippen LogP contribution is -2.49. The average molecular weight is 483 g/mol. The molecule has 1 saturated heterocycles. The van der Waals surface area contributed by atoms with Crippen molar-refractivity contribution in [3.63, 3.8) is 0 Å². The van der Waals surface area contributed by atoms with Crippen molar-refractivity contribution in [3.05, 3.63) is 67.9 Å². The average Bonchev–Trinajstić information content (AvgIpc) is 3.22. The minimum Gasteiger partial charge on any atom is -0.505 e. The number of carbonyl (C=O) groups is 2. The normalized spacial score (nSPS) is 15.3. The molecule has 2 aromatic carbocycles. The van der Waals surface area contributed by atoms with Crippen LogP contribution in [0.3, 0.4) is 0 Å². The molecule has 1 unspecified atom stereocenters. The van der Waals surface area contributed by atoms with Crippen molar-refractivity contribution < 1.29 is 29.0 Å². The Bertz CT molecular complexity index is 1360. The highest BCUT2D eigenvalue weighted by atomic mass is 16.5. The molecule has 1 atom stereocenters. The Morgan fingerprint density at radius 1 is 1.14 bits per heavy atom. The molecule has 35 heavy (non-hydrogen) atoms. The molecule has 1 aliphatic rings. The van der Waals surface area contributed by atoms with Crippen LogP contribution in [-0.2, 0) is 9.53 Å². The minimum absolute atomic E-state index is 0.0123. The number of furan rings is 1. The van der Waals surface area contributed by atoms with Crippen molar-refractivity contribution in [2.45, 2.75) is 19.9 Å². The zero-order chi connectivity index (χ0) is 25.5. The molecule has 3 aromatic rings. The standard InChI is InChI=1S/C24H25N3O8/c1-12-7-8-15(35-12)22(24(2)10-34-11-24)26-18-17(20(31)21(18)32)25-14-6-4-5-13(19(14)30)23(33)27(3)9-16(28)29/h4-8,22,25-26,30H,9-11H2,1-3H3,(H,28,29). The third-order valence-corrected chi connectivity index (χ3v) is 6.05. The predicted octanol–water partition coefficient (Wildman–Crippen LogP) is 1.98. The third-order valence-electron chi connectivity index (χ3n) is 6.05. The fourth-order valence-corrected chi connectivity index (χ4v) is 4.01. The third kappa shape index (κ3) is 4.37. The zero-order valence-electron chi connectivity index (χ0n) is 19.4. The van der Waals surface area contributed by atoms with Crippen molar-refractivity contribution >= 4 is 28.9 Å². The number of carboxylic acids is 1. The Balaban J connectivity index is 1.63. The van der Waals surface area contributed by atoms with Crippen molar-refractivity contribution in [2.24, 2.45) is 5.41 Å². The molecule has 1 aromatic heterocycles. The molecule has 184 valence electrons. The highest BCUT2D eigenvalue weighted by Gasteiger charge is 2.45. The quantitative estimate of drug-likeness (QED) is 0.262. The number of hydrogen-bond donors (Lipinski definition) is 4. The van der Waals surface area contributed by atoms with Crippen LogP contribution in [0.2, 0.25) is 0 Å². The molecule has 0 spiro atoms. The van der Waals surface area contributed by atoms with Gasteiger partial charge in [0.15, 0.2) is 5.75 Å². The Labute approximate surface area is 199 Å². The zero-order valence-corrected chi connectivity index (χ0v) is 19.4. The van der Waals surface area contributed by atoms with Crippen LogP contribution in [0.5, 0.6) is 5.75 Å². The number of rotatable bonds is 9. The smallest absolute Gasteiger partial charge is 0.323 e. The number of nitrogens with one attached hydrogen (secondary N) is 2. The van der Waals surface area contributed by atoms with Gasteiger partial charge < -0.3 is 34.9 Å². The van der Waals surface area contributed by atoms with Gasteiger partial charge in [-0.2, -0.15) is 0 Å². The molecule has 11 nitrogen and oxygen atoms in total. The Hall–Kier alpha value is -4.12. The lowest BCUT2D eigenvalue weighted by Gasteiger charge is -2.44. The van der Waals surface area contributed by atoms with Crippen LogP contribution in [-0.4, -0.2) is 53.8 Å². The molecule has 0 aliphatic carbocycles. The van der Waals surface area contributed by atoms with Gasteiger partial charge in [0.2, 0.25) is 0 Å². The van der Waals surface area contributed by atoms with Crippen molar-refractivity contribution in [3.8, 4) is 5.75 Å². The first-order valence-electron chi connectivity index (χ1n) is 10.8. The van der Waals surface area contributed by atoms with E-state index in [1.165, 1.54) is 25.2 Å². The molecule has 4 rings (SSSR count). The van der Waals surface area contributed by atoms with Crippen LogP contribution in [0.1, 0.15) is 34.8 Å². The van der Waals surface area contributed by atoms with Gasteiger partial charge in [-0.25, -0.2) is 0 Å². The number of likely N-dealkylation sites (N-methyl/N-ethyl adjacent to an activating group) is 1. The molecule has 1 amide bonds. The summed E-state index contributed by atoms with van der Waals surface area (Å²) in [4.78, 5) is 49.3. The summed E-state index contributed by atoms with van der Waals surface area (Å²) in [5.74, 6) is -1.13. The number of amides is 1. The number of carbonyl (C=O) groups excluding carboxylic acids is 1. The number of nitrogens with zero attached hydrogens (tertiary/aromatic N) is 1. The van der Waals surface area contributed by atoms with Gasteiger partial charge in [-0.15, -0.1) is 0 Å². The summed E-state index contributed by atoms with van der Waals surface area (Å²) in [5, 5.41) is 25.4. The predicted molar refractivity (Wildman–Crippen MR) is 126 cm³/mol. The van der Waals surface area contributed by atoms with Crippen LogP contribution >= 0.6 is 0 Å². The summed E-state index contributed by atoms with van der Waals surface area (Å²) >= 11 is 0. The van der Waals surface area contributed by atoms with Gasteiger partial charge in [-0.3, -0.25) is 19.2 Å². The van der Waals surface area contributed by atoms with Crippen molar-refractivity contribution in [1.82, 2.24) is 4.90 Å². The highest BCUT2D eigenvalue weighted by molar-refractivity contribution is 6.00. The van der Waals surface area contributed by atoms with E-state index in [-0.39, 0.29) is 28.0 Å². The molecule has 0 saturated carbocycles. The maximum Gasteiger partial charge on any atom is 0.323 e. The number of para-hydroxylation sites is 1. The van der Waals surface area contributed by atoms with E-state index in [0.29, 0.717) is 24.7 Å². The summed E-state index contributed by atoms with van der Waals surface area (Å²) in [7, 11) is 1.29. The molecule has 11 heteroatoms. The van der Waals surface area contributed by atoms with E-state index >= 15 is 0 Å². The van der Waals surface area contributed by atoms with E-state index in [1.807, 2.05) is 6.92 Å². The van der Waals surface area contributed by atoms with Crippen molar-refractivity contribution in [1.29, 1.82) is 0 Å². The first-order chi connectivity index (χ1) is 16.5. The number of carboxylic acid groups (broad SMARTS) is 1. The molecular formula is C24H25N3O8. The minimum atomic E-state index is -1.21. The molecule has 4 N–H and O–H groups in total. The van der Waals surface area contributed by atoms with Gasteiger partial charge in [0.05, 0.1) is 30.5 Å². The first kappa shape index (κ1) is 24.0. The lowest BCUT2D eigenvalue weighted by atomic mass is 9.79. The largest absolute Gasteiger partial charge is 0.505 e. The second-order valence-corrected chi connectivity index (χ2v) is 8.96. The van der Waals surface area contributed by atoms with E-state index in [4.69, 9.17) is 14.3 Å². The monoisotopic (exact) mass is 483 g/mol. The van der Waals surface area contributed by atoms with Gasteiger partial charge in [-0.05, 0) is 31.2 Å². The number of anilines is 3. The van der Waals surface area contributed by atoms with Gasteiger partial charge in [0.25, 0.3) is 16.8 Å². The molecule has 0 radical (unpaired) electrons. The van der Waals surface area contributed by atoms with Gasteiger partial charge in [0.1, 0.15) is 29.4 Å². The first-order valence-corrected chi connectivity index (χ1v) is 10.8. The topological polar surface area (TPSA) is 158 Å². The molecular weight excluding hydrogens is 458 g/mol. The Morgan fingerprint density at radius 2 is 1.83 bits per heavy atom. The fourth-order valence-electron chi connectivity index (χ4n) is 4.01. The Morgan fingerprint density at radius 3 is 2.40 bits per heavy atom. The van der Waals surface area contributed by atoms with Crippen LogP contribution in [0.25, 0.3) is 0 Å². The molecule has 1 aliphatic heterocycles. The number of aromatic hydroxyl groups is 1. The molecule has 2 heterocycles. The van der Waals surface area contributed by atoms with E-state index in [2.05, 4.69) is 10.6 Å². The second kappa shape index (κ2) is 8.91. The van der Waals surface area contributed by atoms with E-state index < -0.39 is 41.1 Å². The summed E-state index contributed by atoms with van der Waals surface area (Å²) in [6.45, 7) is 4.07. The fraction of sp³-hybridized carbons (Fsp3) is 0.333. The van der Waals surface area contributed by atoms with Gasteiger partial charge in [-0.1, -0.05) is 13.0 Å². The number of ether oxygens (including phenoxy) is 1. The van der Waals surface area contributed by atoms with Crippen molar-refractivity contribution in [2.75, 3.05) is 37.4 Å². The number of phenolic OH excluding ortho intramolecular Hbond substituents is 1. The molecule has 1 fully saturated rings. The van der Waals surface area contributed by atoms with E-state index in [9.17, 15) is 24.3 Å². The SMILES string of the molecule is Cc1ccc(C(Nc2c(Nc3cccc(C(=O)N(C)CC(=O)O)c3O)c(=O)c2=O)C2(C)COC2)o1. The Kier molecular flexibility index (Phi) is 6.12. The summed E-state index contributed by atoms with van der Waals surface area (Å²) in [5.41, 5.74) is -2.07. The van der Waals surface area contributed by atoms with Crippen LogP contribution in [0, 0.1) is 12.3 Å². The summed E-state index contributed by atoms with van der Waals surface area (Å²) in [6.07, 6.45) is 0. The second-order valence-electron chi connectivity index (χ2n) is 8.96. The number of aryl methyl sites for hydroxylation is 1. The van der Waals surface area contributed by atoms with E-state index in [0.717, 1.165) is 4.90 Å². The van der Waals surface area contributed by atoms with E-state index in [1.54, 1.807) is 19.1 Å². The lowest BCUT2D eigenvalue weighted by molar-refractivity contribution is -0.137. The van der Waals surface area contributed by atoms with Crippen LogP contribution in [0.15, 0.2) is 44.3 Å². The summed E-state index contributed by atoms with van der Waals surface area (Å²) in [6, 6.07) is 7.36. The maximum atomic E-state index is 12.6. The maximum absolute atomic E-state index is 12.6. The number of benzene rings is 1. The van der Waals surface area contributed by atoms with Gasteiger partial charge in [0, 0.05) is 12.5 Å².